The first kappa shape index (κ1) is 9.99. The van der Waals surface area contributed by atoms with Crippen LogP contribution in [0.2, 0.25) is 0 Å². The molecule has 1 aromatic carbocycles. The fraction of sp³-hybridized carbons (Fsp3) is 0.455. The standard InChI is InChI=1S/C11H13BrO2/c1-7-9(12)5-8(6-10(7)14-2)11(13)3-4-11/h5-6,13H,3-4H2,1-2H3. The van der Waals surface area contributed by atoms with Gasteiger partial charge in [-0.15, -0.1) is 0 Å². The number of rotatable bonds is 2. The molecule has 0 unspecified atom stereocenters. The van der Waals surface area contributed by atoms with E-state index in [0.717, 1.165) is 34.2 Å². The van der Waals surface area contributed by atoms with Crippen LogP contribution in [0, 0.1) is 6.92 Å². The SMILES string of the molecule is COc1cc(C2(O)CC2)cc(Br)c1C. The fourth-order valence-corrected chi connectivity index (χ4v) is 1.98. The summed E-state index contributed by atoms with van der Waals surface area (Å²) in [7, 11) is 1.65. The van der Waals surface area contributed by atoms with Crippen LogP contribution in [0.4, 0.5) is 0 Å². The van der Waals surface area contributed by atoms with E-state index in [0.29, 0.717) is 0 Å². The molecule has 1 aliphatic carbocycles. The number of methoxy groups -OCH3 is 1. The molecule has 2 rings (SSSR count). The predicted octanol–water partition coefficient (Wildman–Crippen LogP) is 2.75. The Labute approximate surface area is 92.0 Å². The lowest BCUT2D eigenvalue weighted by atomic mass is 10.1. The van der Waals surface area contributed by atoms with E-state index in [1.807, 2.05) is 19.1 Å². The van der Waals surface area contributed by atoms with Crippen LogP contribution in [0.5, 0.6) is 5.75 Å². The van der Waals surface area contributed by atoms with Crippen molar-refractivity contribution in [2.24, 2.45) is 0 Å². The van der Waals surface area contributed by atoms with Crippen molar-refractivity contribution in [3.8, 4) is 5.75 Å². The van der Waals surface area contributed by atoms with E-state index in [1.165, 1.54) is 0 Å². The van der Waals surface area contributed by atoms with Crippen molar-refractivity contribution in [3.05, 3.63) is 27.7 Å². The molecule has 0 atom stereocenters. The van der Waals surface area contributed by atoms with E-state index in [-0.39, 0.29) is 0 Å². The third-order valence-electron chi connectivity index (χ3n) is 2.78. The van der Waals surface area contributed by atoms with Gasteiger partial charge in [-0.1, -0.05) is 15.9 Å². The molecule has 1 N–H and O–H groups in total. The molecule has 0 bridgehead atoms. The molecular formula is C11H13BrO2. The third kappa shape index (κ3) is 1.55. The maximum Gasteiger partial charge on any atom is 0.123 e. The molecule has 0 heterocycles. The van der Waals surface area contributed by atoms with Gasteiger partial charge in [0.05, 0.1) is 12.7 Å². The summed E-state index contributed by atoms with van der Waals surface area (Å²) in [5.74, 6) is 0.828. The van der Waals surface area contributed by atoms with Crippen molar-refractivity contribution in [1.29, 1.82) is 0 Å². The van der Waals surface area contributed by atoms with E-state index < -0.39 is 5.60 Å². The van der Waals surface area contributed by atoms with Crippen molar-refractivity contribution in [1.82, 2.24) is 0 Å². The summed E-state index contributed by atoms with van der Waals surface area (Å²) < 4.78 is 6.24. The average Bonchev–Trinajstić information content (AvgIpc) is 2.89. The Bertz CT molecular complexity index is 370. The number of benzene rings is 1. The van der Waals surface area contributed by atoms with Gasteiger partial charge in [0.2, 0.25) is 0 Å². The summed E-state index contributed by atoms with van der Waals surface area (Å²) in [5, 5.41) is 9.96. The molecule has 0 aliphatic heterocycles. The molecule has 1 fully saturated rings. The number of hydrogen-bond acceptors (Lipinski definition) is 2. The zero-order chi connectivity index (χ0) is 10.3. The molecule has 76 valence electrons. The fourth-order valence-electron chi connectivity index (χ4n) is 1.54. The minimum atomic E-state index is -0.594. The summed E-state index contributed by atoms with van der Waals surface area (Å²) >= 11 is 3.47. The summed E-state index contributed by atoms with van der Waals surface area (Å²) in [5.41, 5.74) is 1.43. The summed E-state index contributed by atoms with van der Waals surface area (Å²) in [6, 6.07) is 3.90. The van der Waals surface area contributed by atoms with Crippen molar-refractivity contribution in [2.75, 3.05) is 7.11 Å². The Morgan fingerprint density at radius 3 is 2.57 bits per heavy atom. The van der Waals surface area contributed by atoms with Crippen LogP contribution < -0.4 is 4.74 Å². The summed E-state index contributed by atoms with van der Waals surface area (Å²) in [4.78, 5) is 0. The average molecular weight is 257 g/mol. The van der Waals surface area contributed by atoms with E-state index >= 15 is 0 Å². The van der Waals surface area contributed by atoms with Crippen LogP contribution in [0.25, 0.3) is 0 Å². The Hall–Kier alpha value is -0.540. The Kier molecular flexibility index (Phi) is 2.32. The number of ether oxygens (including phenoxy) is 1. The first-order valence-corrected chi connectivity index (χ1v) is 5.43. The van der Waals surface area contributed by atoms with E-state index in [9.17, 15) is 5.11 Å². The summed E-state index contributed by atoms with van der Waals surface area (Å²) in [6.07, 6.45) is 1.71. The highest BCUT2D eigenvalue weighted by atomic mass is 79.9. The lowest BCUT2D eigenvalue weighted by molar-refractivity contribution is 0.151. The number of aliphatic hydroxyl groups is 1. The quantitative estimate of drug-likeness (QED) is 0.882. The molecule has 0 aromatic heterocycles. The maximum absolute atomic E-state index is 9.96. The lowest BCUT2D eigenvalue weighted by Gasteiger charge is -2.13. The second-order valence-corrected chi connectivity index (χ2v) is 4.67. The maximum atomic E-state index is 9.96. The van der Waals surface area contributed by atoms with Crippen LogP contribution >= 0.6 is 15.9 Å². The molecule has 1 aliphatic rings. The van der Waals surface area contributed by atoms with Gasteiger partial charge in [-0.2, -0.15) is 0 Å². The molecule has 0 saturated heterocycles. The summed E-state index contributed by atoms with van der Waals surface area (Å²) in [6.45, 7) is 1.99. The zero-order valence-corrected chi connectivity index (χ0v) is 9.89. The van der Waals surface area contributed by atoms with Crippen LogP contribution in [0.1, 0.15) is 24.0 Å². The van der Waals surface area contributed by atoms with Crippen molar-refractivity contribution < 1.29 is 9.84 Å². The van der Waals surface area contributed by atoms with Gasteiger partial charge >= 0.3 is 0 Å². The molecule has 3 heteroatoms. The highest BCUT2D eigenvalue weighted by Crippen LogP contribution is 2.47. The van der Waals surface area contributed by atoms with Gasteiger partial charge in [-0.3, -0.25) is 0 Å². The topological polar surface area (TPSA) is 29.5 Å². The molecule has 14 heavy (non-hydrogen) atoms. The molecular weight excluding hydrogens is 244 g/mol. The van der Waals surface area contributed by atoms with Crippen LogP contribution in [-0.2, 0) is 5.60 Å². The van der Waals surface area contributed by atoms with Gasteiger partial charge in [0.25, 0.3) is 0 Å². The predicted molar refractivity (Wildman–Crippen MR) is 58.6 cm³/mol. The minimum absolute atomic E-state index is 0.594. The van der Waals surface area contributed by atoms with E-state index in [1.54, 1.807) is 7.11 Å². The van der Waals surface area contributed by atoms with Gasteiger partial charge in [-0.05, 0) is 37.5 Å². The molecule has 0 spiro atoms. The second kappa shape index (κ2) is 3.24. The first-order chi connectivity index (χ1) is 6.57. The van der Waals surface area contributed by atoms with E-state index in [2.05, 4.69) is 15.9 Å². The Morgan fingerprint density at radius 2 is 2.07 bits per heavy atom. The van der Waals surface area contributed by atoms with Crippen LogP contribution in [0.3, 0.4) is 0 Å². The highest BCUT2D eigenvalue weighted by molar-refractivity contribution is 9.10. The lowest BCUT2D eigenvalue weighted by Crippen LogP contribution is -2.05. The van der Waals surface area contributed by atoms with E-state index in [4.69, 9.17) is 4.74 Å². The largest absolute Gasteiger partial charge is 0.496 e. The molecule has 0 radical (unpaired) electrons. The smallest absolute Gasteiger partial charge is 0.123 e. The number of halogens is 1. The normalized spacial score (nSPS) is 18.0. The molecule has 1 saturated carbocycles. The number of hydrogen-bond donors (Lipinski definition) is 1. The Morgan fingerprint density at radius 1 is 1.43 bits per heavy atom. The molecule has 1 aromatic rings. The van der Waals surface area contributed by atoms with Crippen molar-refractivity contribution in [2.45, 2.75) is 25.4 Å². The molecule has 2 nitrogen and oxygen atoms in total. The zero-order valence-electron chi connectivity index (χ0n) is 8.30. The first-order valence-electron chi connectivity index (χ1n) is 4.64. The third-order valence-corrected chi connectivity index (χ3v) is 3.60. The monoisotopic (exact) mass is 256 g/mol. The van der Waals surface area contributed by atoms with Crippen LogP contribution in [-0.4, -0.2) is 12.2 Å². The van der Waals surface area contributed by atoms with Gasteiger partial charge in [0.1, 0.15) is 5.75 Å². The van der Waals surface area contributed by atoms with Gasteiger partial charge < -0.3 is 9.84 Å². The highest BCUT2D eigenvalue weighted by Gasteiger charge is 2.42. The molecule has 0 amide bonds. The van der Waals surface area contributed by atoms with Gasteiger partial charge in [0.15, 0.2) is 0 Å². The van der Waals surface area contributed by atoms with Crippen molar-refractivity contribution in [3.63, 3.8) is 0 Å². The van der Waals surface area contributed by atoms with Gasteiger partial charge in [-0.25, -0.2) is 0 Å². The van der Waals surface area contributed by atoms with Crippen molar-refractivity contribution >= 4 is 15.9 Å². The minimum Gasteiger partial charge on any atom is -0.496 e. The second-order valence-electron chi connectivity index (χ2n) is 3.82. The Balaban J connectivity index is 2.48. The van der Waals surface area contributed by atoms with Crippen LogP contribution in [0.15, 0.2) is 16.6 Å². The van der Waals surface area contributed by atoms with Gasteiger partial charge in [0, 0.05) is 10.0 Å².